The van der Waals surface area contributed by atoms with Crippen LogP contribution in [0.3, 0.4) is 0 Å². The van der Waals surface area contributed by atoms with E-state index in [9.17, 15) is 4.79 Å². The van der Waals surface area contributed by atoms with Crippen LogP contribution in [-0.4, -0.2) is 53.7 Å². The quantitative estimate of drug-likeness (QED) is 0.767. The zero-order valence-electron chi connectivity index (χ0n) is 16.1. The van der Waals surface area contributed by atoms with Gasteiger partial charge in [0.25, 0.3) is 0 Å². The number of nitrogens with zero attached hydrogens (tertiary/aromatic N) is 3. The number of hydrogen-bond acceptors (Lipinski definition) is 6. The molecule has 0 aliphatic carbocycles. The van der Waals surface area contributed by atoms with Crippen LogP contribution in [0.5, 0.6) is 5.75 Å². The molecule has 0 unspecified atom stereocenters. The molecular weight excluding hydrogens is 344 g/mol. The molecule has 0 spiro atoms. The summed E-state index contributed by atoms with van der Waals surface area (Å²) in [6.07, 6.45) is 3.88. The van der Waals surface area contributed by atoms with Crippen molar-refractivity contribution in [2.24, 2.45) is 0 Å². The minimum Gasteiger partial charge on any atom is -0.497 e. The van der Waals surface area contributed by atoms with Crippen LogP contribution in [0.4, 0.5) is 0 Å². The van der Waals surface area contributed by atoms with Crippen molar-refractivity contribution in [3.05, 3.63) is 30.2 Å². The lowest BCUT2D eigenvalue weighted by Gasteiger charge is -2.34. The molecule has 0 atom stereocenters. The molecular formula is C20H28N4O3. The van der Waals surface area contributed by atoms with Gasteiger partial charge in [-0.3, -0.25) is 4.79 Å². The smallest absolute Gasteiger partial charge is 0.227 e. The molecule has 1 aliphatic heterocycles. The molecule has 2 heterocycles. The summed E-state index contributed by atoms with van der Waals surface area (Å²) in [6.45, 7) is 4.88. The van der Waals surface area contributed by atoms with Gasteiger partial charge in [-0.2, -0.15) is 4.98 Å². The molecule has 7 heteroatoms. The number of methoxy groups -OCH3 is 1. The van der Waals surface area contributed by atoms with Crippen molar-refractivity contribution < 1.29 is 14.1 Å². The molecule has 2 aromatic rings. The summed E-state index contributed by atoms with van der Waals surface area (Å²) in [7, 11) is 1.63. The Labute approximate surface area is 160 Å². The lowest BCUT2D eigenvalue weighted by atomic mass is 10.0. The Hall–Kier alpha value is -2.41. The van der Waals surface area contributed by atoms with Crippen molar-refractivity contribution in [2.75, 3.05) is 26.7 Å². The average Bonchev–Trinajstić information content (AvgIpc) is 3.20. The number of carbonyl (C=O) groups excluding carboxylic acids is 1. The maximum atomic E-state index is 12.8. The highest BCUT2D eigenvalue weighted by atomic mass is 16.5. The number of ether oxygens (including phenoxy) is 1. The number of carbonyl (C=O) groups is 1. The standard InChI is InChI=1S/C20H28N4O3/c1-3-14-24(16-10-12-21-13-11-16)19(25)9-8-18-22-20(23-27-18)15-4-6-17(26-2)7-5-15/h4-7,16,21H,3,8-14H2,1-2H3. The Balaban J connectivity index is 1.58. The van der Waals surface area contributed by atoms with Gasteiger partial charge >= 0.3 is 0 Å². The first-order valence-corrected chi connectivity index (χ1v) is 9.68. The van der Waals surface area contributed by atoms with E-state index in [0.29, 0.717) is 30.6 Å². The summed E-state index contributed by atoms with van der Waals surface area (Å²) in [4.78, 5) is 19.2. The van der Waals surface area contributed by atoms with Crippen molar-refractivity contribution in [2.45, 2.75) is 45.1 Å². The van der Waals surface area contributed by atoms with Crippen LogP contribution in [0.2, 0.25) is 0 Å². The predicted octanol–water partition coefficient (Wildman–Crippen LogP) is 2.67. The lowest BCUT2D eigenvalue weighted by Crippen LogP contribution is -2.46. The minimum atomic E-state index is 0.174. The Morgan fingerprint density at radius 1 is 1.30 bits per heavy atom. The Morgan fingerprint density at radius 2 is 2.04 bits per heavy atom. The molecule has 1 aromatic heterocycles. The minimum absolute atomic E-state index is 0.174. The van der Waals surface area contributed by atoms with Crippen LogP contribution in [0, 0.1) is 0 Å². The molecule has 0 bridgehead atoms. The average molecular weight is 372 g/mol. The van der Waals surface area contributed by atoms with E-state index in [4.69, 9.17) is 9.26 Å². The third-order valence-corrected chi connectivity index (χ3v) is 4.90. The fourth-order valence-electron chi connectivity index (χ4n) is 3.44. The molecule has 1 aliphatic rings. The number of aryl methyl sites for hydroxylation is 1. The van der Waals surface area contributed by atoms with Gasteiger partial charge in [-0.1, -0.05) is 12.1 Å². The van der Waals surface area contributed by atoms with Crippen molar-refractivity contribution >= 4 is 5.91 Å². The van der Waals surface area contributed by atoms with Crippen LogP contribution in [0.1, 0.15) is 38.5 Å². The zero-order valence-corrected chi connectivity index (χ0v) is 16.1. The largest absolute Gasteiger partial charge is 0.497 e. The molecule has 0 saturated carbocycles. The summed E-state index contributed by atoms with van der Waals surface area (Å²) in [6, 6.07) is 7.83. The van der Waals surface area contributed by atoms with Crippen LogP contribution in [0.15, 0.2) is 28.8 Å². The molecule has 1 saturated heterocycles. The van der Waals surface area contributed by atoms with Crippen LogP contribution in [0.25, 0.3) is 11.4 Å². The highest BCUT2D eigenvalue weighted by Crippen LogP contribution is 2.20. The van der Waals surface area contributed by atoms with Crippen LogP contribution < -0.4 is 10.1 Å². The molecule has 1 aromatic carbocycles. The second-order valence-electron chi connectivity index (χ2n) is 6.81. The van der Waals surface area contributed by atoms with Crippen molar-refractivity contribution in [1.29, 1.82) is 0 Å². The maximum Gasteiger partial charge on any atom is 0.227 e. The van der Waals surface area contributed by atoms with Crippen molar-refractivity contribution in [1.82, 2.24) is 20.4 Å². The molecule has 1 amide bonds. The van der Waals surface area contributed by atoms with Crippen LogP contribution >= 0.6 is 0 Å². The molecule has 3 rings (SSSR count). The molecule has 146 valence electrons. The normalized spacial score (nSPS) is 14.9. The second kappa shape index (κ2) is 9.50. The number of aromatic nitrogens is 2. The first kappa shape index (κ1) is 19.4. The monoisotopic (exact) mass is 372 g/mol. The van der Waals surface area contributed by atoms with Gasteiger partial charge in [-0.05, 0) is 56.6 Å². The second-order valence-corrected chi connectivity index (χ2v) is 6.81. The number of piperidine rings is 1. The molecule has 1 fully saturated rings. The van der Waals surface area contributed by atoms with E-state index in [1.54, 1.807) is 7.11 Å². The van der Waals surface area contributed by atoms with E-state index >= 15 is 0 Å². The number of amides is 1. The summed E-state index contributed by atoms with van der Waals surface area (Å²) < 4.78 is 10.5. The zero-order chi connectivity index (χ0) is 19.1. The van der Waals surface area contributed by atoms with E-state index in [0.717, 1.165) is 50.2 Å². The first-order valence-electron chi connectivity index (χ1n) is 9.68. The van der Waals surface area contributed by atoms with Crippen LogP contribution in [-0.2, 0) is 11.2 Å². The summed E-state index contributed by atoms with van der Waals surface area (Å²) >= 11 is 0. The van der Waals surface area contributed by atoms with Gasteiger partial charge in [0.1, 0.15) is 5.75 Å². The number of hydrogen-bond donors (Lipinski definition) is 1. The summed E-state index contributed by atoms with van der Waals surface area (Å²) in [5.41, 5.74) is 0.861. The van der Waals surface area contributed by atoms with Gasteiger partial charge in [0.15, 0.2) is 0 Å². The van der Waals surface area contributed by atoms with E-state index in [1.165, 1.54) is 0 Å². The van der Waals surface area contributed by atoms with Gasteiger partial charge in [0, 0.05) is 31.0 Å². The predicted molar refractivity (Wildman–Crippen MR) is 103 cm³/mol. The maximum absolute atomic E-state index is 12.8. The number of rotatable bonds is 8. The Morgan fingerprint density at radius 3 is 2.70 bits per heavy atom. The Bertz CT molecular complexity index is 723. The van der Waals surface area contributed by atoms with Crippen molar-refractivity contribution in [3.8, 4) is 17.1 Å². The number of benzene rings is 1. The first-order chi connectivity index (χ1) is 13.2. The van der Waals surface area contributed by atoms with Gasteiger partial charge in [0.05, 0.1) is 7.11 Å². The van der Waals surface area contributed by atoms with E-state index in [2.05, 4.69) is 22.4 Å². The molecule has 0 radical (unpaired) electrons. The van der Waals surface area contributed by atoms with Gasteiger partial charge in [-0.25, -0.2) is 0 Å². The summed E-state index contributed by atoms with van der Waals surface area (Å²) in [5.74, 6) is 1.98. The third kappa shape index (κ3) is 5.07. The van der Waals surface area contributed by atoms with E-state index in [1.807, 2.05) is 29.2 Å². The fourth-order valence-corrected chi connectivity index (χ4v) is 3.44. The Kier molecular flexibility index (Phi) is 6.81. The molecule has 27 heavy (non-hydrogen) atoms. The fraction of sp³-hybridized carbons (Fsp3) is 0.550. The highest BCUT2D eigenvalue weighted by molar-refractivity contribution is 5.76. The van der Waals surface area contributed by atoms with Gasteiger partial charge in [0.2, 0.25) is 17.6 Å². The highest BCUT2D eigenvalue weighted by Gasteiger charge is 2.24. The third-order valence-electron chi connectivity index (χ3n) is 4.90. The SMILES string of the molecule is CCCN(C(=O)CCc1nc(-c2ccc(OC)cc2)no1)C1CCNCC1. The van der Waals surface area contributed by atoms with Gasteiger partial charge in [-0.15, -0.1) is 0 Å². The van der Waals surface area contributed by atoms with E-state index < -0.39 is 0 Å². The number of nitrogens with one attached hydrogen (secondary N) is 1. The molecule has 1 N–H and O–H groups in total. The topological polar surface area (TPSA) is 80.5 Å². The molecule has 7 nitrogen and oxygen atoms in total. The van der Waals surface area contributed by atoms with Crippen molar-refractivity contribution in [3.63, 3.8) is 0 Å². The summed E-state index contributed by atoms with van der Waals surface area (Å²) in [5, 5.41) is 7.39. The lowest BCUT2D eigenvalue weighted by molar-refractivity contribution is -0.134. The van der Waals surface area contributed by atoms with Gasteiger partial charge < -0.3 is 19.5 Å². The van der Waals surface area contributed by atoms with E-state index in [-0.39, 0.29) is 5.91 Å².